The Morgan fingerprint density at radius 1 is 1.33 bits per heavy atom. The Morgan fingerprint density at radius 2 is 2.04 bits per heavy atom. The molecule has 1 aromatic carbocycles. The number of aromatic nitrogens is 2. The molecular weight excluding hydrogens is 332 g/mol. The van der Waals surface area contributed by atoms with Crippen molar-refractivity contribution < 1.29 is 13.6 Å². The summed E-state index contributed by atoms with van der Waals surface area (Å²) in [6.45, 7) is 2.07. The number of benzene rings is 1. The molecule has 24 heavy (non-hydrogen) atoms. The smallest absolute Gasteiger partial charge is 0.291 e. The molecule has 2 aromatic rings. The molecule has 0 saturated carbocycles. The number of hydrogen-bond donors (Lipinski definition) is 2. The Kier molecular flexibility index (Phi) is 4.16. The van der Waals surface area contributed by atoms with E-state index in [4.69, 9.17) is 0 Å². The first-order valence-corrected chi connectivity index (χ1v) is 8.93. The molecule has 0 spiro atoms. The van der Waals surface area contributed by atoms with Crippen LogP contribution in [0.4, 0.5) is 11.4 Å². The fourth-order valence-corrected chi connectivity index (χ4v) is 4.00. The molecule has 0 amide bonds. The summed E-state index contributed by atoms with van der Waals surface area (Å²) in [5.41, 5.74) is -0.115. The maximum atomic E-state index is 12.6. The Bertz CT molecular complexity index is 937. The van der Waals surface area contributed by atoms with E-state index in [0.717, 1.165) is 5.06 Å². The summed E-state index contributed by atoms with van der Waals surface area (Å²) in [5.74, 6) is 0. The lowest BCUT2D eigenvalue weighted by Gasteiger charge is -2.22. The van der Waals surface area contributed by atoms with Gasteiger partial charge in [0.2, 0.25) is 9.84 Å². The van der Waals surface area contributed by atoms with E-state index in [2.05, 4.69) is 10.4 Å². The number of hydroxylamine groups is 2. The second-order valence-corrected chi connectivity index (χ2v) is 7.63. The standard InChI is InChI=1S/C15H18N4O4S/c1-10(18(2)21)7-8-19-15(20)14-13(9-16-19)24(22,23)12-6-4-3-5-11(12)17-14/h3-6,9-10,17,21H,7-8H2,1-2H3. The van der Waals surface area contributed by atoms with Gasteiger partial charge >= 0.3 is 0 Å². The fraction of sp³-hybridized carbons (Fsp3) is 0.333. The van der Waals surface area contributed by atoms with Gasteiger partial charge in [0.05, 0.1) is 16.8 Å². The topological polar surface area (TPSA) is 105 Å². The van der Waals surface area contributed by atoms with Crippen LogP contribution in [0.5, 0.6) is 0 Å². The van der Waals surface area contributed by atoms with E-state index in [1.54, 1.807) is 18.2 Å². The zero-order valence-corrected chi connectivity index (χ0v) is 14.1. The van der Waals surface area contributed by atoms with Gasteiger partial charge in [0.1, 0.15) is 10.6 Å². The summed E-state index contributed by atoms with van der Waals surface area (Å²) in [6.07, 6.45) is 1.68. The van der Waals surface area contributed by atoms with Gasteiger partial charge in [-0.2, -0.15) is 10.2 Å². The molecule has 1 aromatic heterocycles. The fourth-order valence-electron chi connectivity index (χ4n) is 2.50. The lowest BCUT2D eigenvalue weighted by Crippen LogP contribution is -2.32. The van der Waals surface area contributed by atoms with Gasteiger partial charge in [-0.05, 0) is 25.5 Å². The third-order valence-electron chi connectivity index (χ3n) is 4.13. The van der Waals surface area contributed by atoms with Crippen LogP contribution in [0.1, 0.15) is 13.3 Å². The third-order valence-corrected chi connectivity index (χ3v) is 5.95. The quantitative estimate of drug-likeness (QED) is 0.682. The average Bonchev–Trinajstić information content (AvgIpc) is 2.54. The first-order valence-electron chi connectivity index (χ1n) is 7.45. The zero-order chi connectivity index (χ0) is 17.5. The van der Waals surface area contributed by atoms with E-state index < -0.39 is 15.4 Å². The van der Waals surface area contributed by atoms with Crippen LogP contribution in [0.15, 0.2) is 45.0 Å². The Hall–Kier alpha value is -2.23. The first kappa shape index (κ1) is 16.6. The predicted molar refractivity (Wildman–Crippen MR) is 87.3 cm³/mol. The molecule has 0 fully saturated rings. The summed E-state index contributed by atoms with van der Waals surface area (Å²) in [7, 11) is -2.25. The van der Waals surface area contributed by atoms with Crippen LogP contribution in [0, 0.1) is 0 Å². The van der Waals surface area contributed by atoms with Crippen LogP contribution in [-0.2, 0) is 16.4 Å². The lowest BCUT2D eigenvalue weighted by molar-refractivity contribution is -0.0996. The number of sulfone groups is 1. The van der Waals surface area contributed by atoms with Crippen molar-refractivity contribution in [3.63, 3.8) is 0 Å². The number of nitrogens with one attached hydrogen (secondary N) is 1. The molecule has 128 valence electrons. The van der Waals surface area contributed by atoms with Crippen LogP contribution in [0.25, 0.3) is 0 Å². The highest BCUT2D eigenvalue weighted by Gasteiger charge is 2.32. The summed E-state index contributed by atoms with van der Waals surface area (Å²) < 4.78 is 26.5. The van der Waals surface area contributed by atoms with Crippen molar-refractivity contribution in [1.29, 1.82) is 0 Å². The van der Waals surface area contributed by atoms with E-state index in [0.29, 0.717) is 12.1 Å². The van der Waals surface area contributed by atoms with Crippen LogP contribution < -0.4 is 10.9 Å². The Balaban J connectivity index is 2.01. The maximum Gasteiger partial charge on any atom is 0.291 e. The molecule has 0 bridgehead atoms. The Labute approximate surface area is 139 Å². The van der Waals surface area contributed by atoms with Crippen LogP contribution in [0.3, 0.4) is 0 Å². The van der Waals surface area contributed by atoms with E-state index in [-0.39, 0.29) is 28.1 Å². The van der Waals surface area contributed by atoms with Gasteiger partial charge in [0.15, 0.2) is 0 Å². The normalized spacial score (nSPS) is 16.2. The highest BCUT2D eigenvalue weighted by Crippen LogP contribution is 2.36. The number of nitrogens with zero attached hydrogens (tertiary/aromatic N) is 3. The monoisotopic (exact) mass is 350 g/mol. The summed E-state index contributed by atoms with van der Waals surface area (Å²) in [4.78, 5) is 12.6. The van der Waals surface area contributed by atoms with E-state index in [1.807, 2.05) is 6.92 Å². The molecule has 0 aliphatic carbocycles. The SMILES string of the molecule is CC(CCn1ncc2c(c1=O)Nc1ccccc1S2(=O)=O)N(C)O. The minimum atomic E-state index is -3.77. The molecule has 2 N–H and O–H groups in total. The van der Waals surface area contributed by atoms with Crippen molar-refractivity contribution in [2.45, 2.75) is 35.7 Å². The summed E-state index contributed by atoms with van der Waals surface area (Å²) in [6, 6.07) is 6.27. The number of anilines is 2. The minimum absolute atomic E-state index is 0.00806. The van der Waals surface area contributed by atoms with Crippen molar-refractivity contribution >= 4 is 21.2 Å². The number of aryl methyl sites for hydroxylation is 1. The van der Waals surface area contributed by atoms with Crippen LogP contribution in [0.2, 0.25) is 0 Å². The first-order chi connectivity index (χ1) is 11.3. The van der Waals surface area contributed by atoms with Crippen molar-refractivity contribution in [2.75, 3.05) is 12.4 Å². The van der Waals surface area contributed by atoms with Gasteiger partial charge in [-0.1, -0.05) is 12.1 Å². The number of rotatable bonds is 4. The van der Waals surface area contributed by atoms with E-state index in [1.165, 1.54) is 24.0 Å². The van der Waals surface area contributed by atoms with Gasteiger partial charge in [0, 0.05) is 19.6 Å². The molecule has 1 aliphatic rings. The molecule has 9 heteroatoms. The zero-order valence-electron chi connectivity index (χ0n) is 13.3. The average molecular weight is 350 g/mol. The second-order valence-electron chi connectivity index (χ2n) is 5.75. The number of fused-ring (bicyclic) bond motifs is 2. The second kappa shape index (κ2) is 6.00. The molecule has 8 nitrogen and oxygen atoms in total. The largest absolute Gasteiger partial charge is 0.349 e. The molecule has 0 saturated heterocycles. The van der Waals surface area contributed by atoms with Gasteiger partial charge in [0.25, 0.3) is 5.56 Å². The molecule has 0 radical (unpaired) electrons. The van der Waals surface area contributed by atoms with Gasteiger partial charge < -0.3 is 10.5 Å². The highest BCUT2D eigenvalue weighted by molar-refractivity contribution is 7.92. The third kappa shape index (κ3) is 2.70. The van der Waals surface area contributed by atoms with Gasteiger partial charge in [-0.3, -0.25) is 4.79 Å². The van der Waals surface area contributed by atoms with E-state index >= 15 is 0 Å². The van der Waals surface area contributed by atoms with E-state index in [9.17, 15) is 18.4 Å². The molecule has 1 aliphatic heterocycles. The number of hydrogen-bond acceptors (Lipinski definition) is 7. The van der Waals surface area contributed by atoms with Crippen molar-refractivity contribution in [3.05, 3.63) is 40.8 Å². The summed E-state index contributed by atoms with van der Waals surface area (Å²) in [5, 5.41) is 17.3. The van der Waals surface area contributed by atoms with Crippen molar-refractivity contribution in [3.8, 4) is 0 Å². The minimum Gasteiger partial charge on any atom is -0.349 e. The van der Waals surface area contributed by atoms with Crippen LogP contribution in [-0.4, -0.2) is 41.6 Å². The molecular formula is C15H18N4O4S. The predicted octanol–water partition coefficient (Wildman–Crippen LogP) is 1.23. The molecule has 1 unspecified atom stereocenters. The highest BCUT2D eigenvalue weighted by atomic mass is 32.2. The summed E-state index contributed by atoms with van der Waals surface area (Å²) >= 11 is 0. The molecule has 1 atom stereocenters. The van der Waals surface area contributed by atoms with Crippen molar-refractivity contribution in [1.82, 2.24) is 14.8 Å². The number of para-hydroxylation sites is 1. The molecule has 3 rings (SSSR count). The van der Waals surface area contributed by atoms with Gasteiger partial charge in [-0.15, -0.1) is 0 Å². The van der Waals surface area contributed by atoms with Gasteiger partial charge in [-0.25, -0.2) is 13.1 Å². The van der Waals surface area contributed by atoms with Crippen LogP contribution >= 0.6 is 0 Å². The maximum absolute atomic E-state index is 12.6. The van der Waals surface area contributed by atoms with Crippen molar-refractivity contribution in [2.24, 2.45) is 0 Å². The molecule has 2 heterocycles. The lowest BCUT2D eigenvalue weighted by atomic mass is 10.2. The Morgan fingerprint density at radius 3 is 2.75 bits per heavy atom.